The van der Waals surface area contributed by atoms with E-state index >= 15 is 0 Å². The molecule has 3 N–H and O–H groups in total. The highest BCUT2D eigenvalue weighted by atomic mass is 19.1. The van der Waals surface area contributed by atoms with Crippen molar-refractivity contribution >= 4 is 5.95 Å². The van der Waals surface area contributed by atoms with Gasteiger partial charge in [-0.3, -0.25) is 5.43 Å². The number of nitrogen functional groups attached to an aromatic ring is 1. The molecule has 0 aliphatic rings. The van der Waals surface area contributed by atoms with Crippen LogP contribution in [0.3, 0.4) is 0 Å². The molecule has 102 valence electrons. The van der Waals surface area contributed by atoms with Crippen LogP contribution in [0.15, 0.2) is 6.20 Å². The highest BCUT2D eigenvalue weighted by Crippen LogP contribution is 2.13. The van der Waals surface area contributed by atoms with E-state index in [1.54, 1.807) is 7.11 Å². The number of anilines is 1. The van der Waals surface area contributed by atoms with E-state index in [2.05, 4.69) is 15.4 Å². The molecular formula is C10H17FN4O3. The van der Waals surface area contributed by atoms with Crippen LogP contribution in [0.25, 0.3) is 0 Å². The van der Waals surface area contributed by atoms with E-state index < -0.39 is 5.82 Å². The third kappa shape index (κ3) is 5.21. The molecule has 0 spiro atoms. The lowest BCUT2D eigenvalue weighted by Gasteiger charge is -2.07. The molecule has 18 heavy (non-hydrogen) atoms. The Morgan fingerprint density at radius 2 is 2.17 bits per heavy atom. The Bertz CT molecular complexity index is 354. The van der Waals surface area contributed by atoms with Crippen LogP contribution >= 0.6 is 0 Å². The maximum atomic E-state index is 13.2. The van der Waals surface area contributed by atoms with Gasteiger partial charge in [-0.15, -0.1) is 0 Å². The smallest absolute Gasteiger partial charge is 0.255 e. The summed E-state index contributed by atoms with van der Waals surface area (Å²) in [6.45, 7) is 1.76. The van der Waals surface area contributed by atoms with Gasteiger partial charge < -0.3 is 14.2 Å². The van der Waals surface area contributed by atoms with Crippen molar-refractivity contribution < 1.29 is 18.6 Å². The molecule has 0 saturated carbocycles. The Kier molecular flexibility index (Phi) is 6.92. The van der Waals surface area contributed by atoms with Crippen molar-refractivity contribution in [3.63, 3.8) is 0 Å². The number of hydrogen-bond donors (Lipinski definition) is 2. The number of hydrogen-bond acceptors (Lipinski definition) is 7. The monoisotopic (exact) mass is 260 g/mol. The van der Waals surface area contributed by atoms with Gasteiger partial charge in [0.2, 0.25) is 11.8 Å². The minimum Gasteiger partial charge on any atom is -0.473 e. The van der Waals surface area contributed by atoms with E-state index in [-0.39, 0.29) is 18.4 Å². The molecule has 8 heteroatoms. The average Bonchev–Trinajstić information content (AvgIpc) is 2.39. The molecule has 1 heterocycles. The maximum absolute atomic E-state index is 13.2. The SMILES string of the molecule is COCCCOCCOc1nc(NN)ncc1F. The van der Waals surface area contributed by atoms with Crippen LogP contribution in [-0.2, 0) is 9.47 Å². The molecular weight excluding hydrogens is 243 g/mol. The summed E-state index contributed by atoms with van der Waals surface area (Å²) in [7, 11) is 1.63. The molecule has 0 amide bonds. The quantitative estimate of drug-likeness (QED) is 0.375. The highest BCUT2D eigenvalue weighted by molar-refractivity contribution is 5.26. The van der Waals surface area contributed by atoms with Crippen molar-refractivity contribution in [1.82, 2.24) is 9.97 Å². The Hall–Kier alpha value is -1.51. The molecule has 1 aromatic rings. The van der Waals surface area contributed by atoms with Gasteiger partial charge in [0.05, 0.1) is 12.8 Å². The maximum Gasteiger partial charge on any atom is 0.255 e. The fourth-order valence-corrected chi connectivity index (χ4v) is 1.13. The predicted molar refractivity (Wildman–Crippen MR) is 62.6 cm³/mol. The molecule has 0 atom stereocenters. The molecule has 0 aliphatic heterocycles. The van der Waals surface area contributed by atoms with Crippen LogP contribution in [0.1, 0.15) is 6.42 Å². The van der Waals surface area contributed by atoms with Gasteiger partial charge in [-0.1, -0.05) is 0 Å². The van der Waals surface area contributed by atoms with Gasteiger partial charge in [-0.05, 0) is 6.42 Å². The molecule has 0 unspecified atom stereocenters. The summed E-state index contributed by atoms with van der Waals surface area (Å²) in [6, 6.07) is 0. The number of nitrogens with zero attached hydrogens (tertiary/aromatic N) is 2. The highest BCUT2D eigenvalue weighted by Gasteiger charge is 2.07. The second-order valence-electron chi connectivity index (χ2n) is 3.30. The van der Waals surface area contributed by atoms with Gasteiger partial charge in [-0.2, -0.15) is 9.37 Å². The fraction of sp³-hybridized carbons (Fsp3) is 0.600. The zero-order valence-electron chi connectivity index (χ0n) is 10.2. The number of nitrogens with one attached hydrogen (secondary N) is 1. The zero-order chi connectivity index (χ0) is 13.2. The molecule has 7 nitrogen and oxygen atoms in total. The number of aromatic nitrogens is 2. The van der Waals surface area contributed by atoms with Gasteiger partial charge >= 0.3 is 0 Å². The van der Waals surface area contributed by atoms with E-state index in [9.17, 15) is 4.39 Å². The normalized spacial score (nSPS) is 10.4. The fourth-order valence-electron chi connectivity index (χ4n) is 1.13. The zero-order valence-corrected chi connectivity index (χ0v) is 10.2. The molecule has 0 aromatic carbocycles. The van der Waals surface area contributed by atoms with E-state index in [0.717, 1.165) is 12.6 Å². The lowest BCUT2D eigenvalue weighted by Crippen LogP contribution is -2.13. The minimum atomic E-state index is -0.645. The standard InChI is InChI=1S/C10H17FN4O3/c1-16-3-2-4-17-5-6-18-9-8(11)7-13-10(14-9)15-12/h7H,2-6,12H2,1H3,(H,13,14,15). The largest absolute Gasteiger partial charge is 0.473 e. The first kappa shape index (κ1) is 14.6. The summed E-state index contributed by atoms with van der Waals surface area (Å²) in [5.41, 5.74) is 2.21. The van der Waals surface area contributed by atoms with Crippen molar-refractivity contribution in [1.29, 1.82) is 0 Å². The number of halogens is 1. The van der Waals surface area contributed by atoms with Crippen LogP contribution < -0.4 is 16.0 Å². The minimum absolute atomic E-state index is 0.0902. The Balaban J connectivity index is 2.22. The second kappa shape index (κ2) is 8.56. The van der Waals surface area contributed by atoms with Gasteiger partial charge in [0.25, 0.3) is 5.88 Å². The summed E-state index contributed by atoms with van der Waals surface area (Å²) >= 11 is 0. The number of nitrogens with two attached hydrogens (primary N) is 1. The van der Waals surface area contributed by atoms with Crippen LogP contribution in [-0.4, -0.2) is 43.5 Å². The Morgan fingerprint density at radius 1 is 1.33 bits per heavy atom. The number of rotatable bonds is 9. The van der Waals surface area contributed by atoms with Crippen molar-refractivity contribution in [2.75, 3.05) is 39.0 Å². The predicted octanol–water partition coefficient (Wildman–Crippen LogP) is 0.333. The molecule has 0 fully saturated rings. The van der Waals surface area contributed by atoms with E-state index in [1.165, 1.54) is 0 Å². The molecule has 0 bridgehead atoms. The van der Waals surface area contributed by atoms with E-state index in [0.29, 0.717) is 19.8 Å². The first-order valence-electron chi connectivity index (χ1n) is 5.46. The van der Waals surface area contributed by atoms with Crippen molar-refractivity contribution in [3.05, 3.63) is 12.0 Å². The average molecular weight is 260 g/mol. The second-order valence-corrected chi connectivity index (χ2v) is 3.30. The van der Waals surface area contributed by atoms with E-state index in [4.69, 9.17) is 20.1 Å². The number of hydrazine groups is 1. The topological polar surface area (TPSA) is 91.5 Å². The third-order valence-electron chi connectivity index (χ3n) is 1.94. The number of ether oxygens (including phenoxy) is 3. The molecule has 1 aromatic heterocycles. The molecule has 0 radical (unpaired) electrons. The summed E-state index contributed by atoms with van der Waals surface area (Å²) < 4.78 is 28.4. The Morgan fingerprint density at radius 3 is 2.89 bits per heavy atom. The van der Waals surface area contributed by atoms with Crippen LogP contribution in [0, 0.1) is 5.82 Å². The summed E-state index contributed by atoms with van der Waals surface area (Å²) in [6.07, 6.45) is 1.79. The molecule has 0 saturated heterocycles. The molecule has 1 rings (SSSR count). The summed E-state index contributed by atoms with van der Waals surface area (Å²) in [5, 5.41) is 0. The van der Waals surface area contributed by atoms with Crippen molar-refractivity contribution in [3.8, 4) is 5.88 Å². The van der Waals surface area contributed by atoms with Crippen LogP contribution in [0.4, 0.5) is 10.3 Å². The lowest BCUT2D eigenvalue weighted by molar-refractivity contribution is 0.0784. The summed E-state index contributed by atoms with van der Waals surface area (Å²) in [5.74, 6) is 4.39. The van der Waals surface area contributed by atoms with Gasteiger partial charge in [-0.25, -0.2) is 10.8 Å². The lowest BCUT2D eigenvalue weighted by atomic mass is 10.5. The Labute approximate surface area is 104 Å². The van der Waals surface area contributed by atoms with Gasteiger partial charge in [0.1, 0.15) is 6.61 Å². The van der Waals surface area contributed by atoms with E-state index in [1.807, 2.05) is 0 Å². The van der Waals surface area contributed by atoms with Crippen molar-refractivity contribution in [2.45, 2.75) is 6.42 Å². The molecule has 0 aliphatic carbocycles. The van der Waals surface area contributed by atoms with Gasteiger partial charge in [0.15, 0.2) is 0 Å². The first-order valence-corrected chi connectivity index (χ1v) is 5.46. The van der Waals surface area contributed by atoms with Crippen molar-refractivity contribution in [2.24, 2.45) is 5.84 Å². The summed E-state index contributed by atoms with van der Waals surface area (Å²) in [4.78, 5) is 7.31. The van der Waals surface area contributed by atoms with Gasteiger partial charge in [0, 0.05) is 20.3 Å². The number of methoxy groups -OCH3 is 1. The van der Waals surface area contributed by atoms with Crippen LogP contribution in [0.5, 0.6) is 5.88 Å². The first-order chi connectivity index (χ1) is 8.77. The third-order valence-corrected chi connectivity index (χ3v) is 1.94. The van der Waals surface area contributed by atoms with Crippen LogP contribution in [0.2, 0.25) is 0 Å².